The van der Waals surface area contributed by atoms with Gasteiger partial charge in [0.2, 0.25) is 0 Å². The average molecular weight is 715 g/mol. The van der Waals surface area contributed by atoms with Gasteiger partial charge in [0, 0.05) is 31.2 Å². The molecule has 0 unspecified atom stereocenters. The van der Waals surface area contributed by atoms with Crippen molar-refractivity contribution in [3.05, 3.63) is 198 Å². The molecule has 7 rings (SSSR count). The Balaban J connectivity index is 1.28. The Morgan fingerprint density at radius 3 is 1.78 bits per heavy atom. The summed E-state index contributed by atoms with van der Waals surface area (Å²) in [5.74, 6) is 0.860. The normalized spacial score (nSPS) is 11.5. The Morgan fingerprint density at radius 2 is 1.18 bits per heavy atom. The molecule has 0 amide bonds. The maximum absolute atomic E-state index is 6.44. The molecule has 0 aliphatic rings. The molecule has 3 heteroatoms. The molecule has 0 radical (unpaired) electrons. The van der Waals surface area contributed by atoms with Crippen molar-refractivity contribution in [2.75, 3.05) is 7.05 Å². The average Bonchev–Trinajstić information content (AvgIpc) is 3.24. The predicted octanol–water partition coefficient (Wildman–Crippen LogP) is 13.4. The number of aryl methyl sites for hydroxylation is 2. The number of hydrogen-bond donors (Lipinski definition) is 0. The van der Waals surface area contributed by atoms with E-state index in [1.807, 2.05) is 36.8 Å². The quantitative estimate of drug-likeness (QED) is 0.0933. The number of benzene rings is 6. The first-order valence-electron chi connectivity index (χ1n) is 18.9. The van der Waals surface area contributed by atoms with Crippen molar-refractivity contribution in [2.24, 2.45) is 4.99 Å². The van der Waals surface area contributed by atoms with Crippen molar-refractivity contribution in [1.82, 2.24) is 4.98 Å². The van der Waals surface area contributed by atoms with Gasteiger partial charge in [-0.1, -0.05) is 111 Å². The van der Waals surface area contributed by atoms with Gasteiger partial charge in [0.05, 0.1) is 0 Å². The van der Waals surface area contributed by atoms with E-state index in [1.165, 1.54) is 22.3 Å². The molecule has 7 aromatic rings. The van der Waals surface area contributed by atoms with Gasteiger partial charge in [-0.2, -0.15) is 0 Å². The minimum absolute atomic E-state index is 0.546. The van der Waals surface area contributed by atoms with Crippen LogP contribution in [0.1, 0.15) is 34.7 Å². The SMILES string of the molecule is C=C/C=C(\C=NC)c1cccc(-c2cc(-c3cccc(-c4cccnc4)c3)cc(-c3cccc(-c4cccc(OCc5c(C)ccc(CC)c5C)c4)c3)c2)c1. The van der Waals surface area contributed by atoms with Gasteiger partial charge < -0.3 is 4.74 Å². The van der Waals surface area contributed by atoms with Crippen LogP contribution in [-0.2, 0) is 13.0 Å². The van der Waals surface area contributed by atoms with Crippen LogP contribution in [0.2, 0.25) is 0 Å². The highest BCUT2D eigenvalue weighted by molar-refractivity contribution is 6.10. The molecular formula is C52H46N2O. The molecule has 0 spiro atoms. The molecule has 6 aromatic carbocycles. The van der Waals surface area contributed by atoms with E-state index < -0.39 is 0 Å². The molecule has 55 heavy (non-hydrogen) atoms. The Hall–Kier alpha value is -6.58. The molecule has 1 heterocycles. The van der Waals surface area contributed by atoms with Crippen LogP contribution in [0.4, 0.5) is 0 Å². The number of allylic oxidation sites excluding steroid dienone is 3. The summed E-state index contributed by atoms with van der Waals surface area (Å²) < 4.78 is 6.44. The van der Waals surface area contributed by atoms with Crippen LogP contribution in [0, 0.1) is 13.8 Å². The van der Waals surface area contributed by atoms with Crippen molar-refractivity contribution in [3.63, 3.8) is 0 Å². The van der Waals surface area contributed by atoms with Gasteiger partial charge in [-0.05, 0) is 158 Å². The third kappa shape index (κ3) is 8.48. The standard InChI is InChI=1S/C52H46N2O/c1-6-13-46(33-53-5)40-15-9-18-43(27-40)49-29-48(30-50(31-49)44-19-10-16-41(28-44)47-21-12-25-54-34-47)42-17-8-14-39(26-42)45-20-11-22-51(32-45)55-35-52-36(3)23-24-38(7-2)37(52)4/h6,8-34H,1,7,35H2,2-5H3/b46-13+,53-33?. The van der Waals surface area contributed by atoms with E-state index in [2.05, 4.69) is 165 Å². The Bertz CT molecular complexity index is 2520. The summed E-state index contributed by atoms with van der Waals surface area (Å²) in [6.45, 7) is 11.1. The summed E-state index contributed by atoms with van der Waals surface area (Å²) in [6, 6.07) is 50.0. The van der Waals surface area contributed by atoms with E-state index in [4.69, 9.17) is 4.74 Å². The van der Waals surface area contributed by atoms with E-state index in [1.54, 1.807) is 13.1 Å². The summed E-state index contributed by atoms with van der Waals surface area (Å²) in [4.78, 5) is 8.66. The van der Waals surface area contributed by atoms with Crippen LogP contribution in [0.15, 0.2) is 176 Å². The summed E-state index contributed by atoms with van der Waals surface area (Å²) in [5, 5.41) is 0. The lowest BCUT2D eigenvalue weighted by Crippen LogP contribution is -2.03. The fourth-order valence-corrected chi connectivity index (χ4v) is 7.24. The molecule has 0 saturated carbocycles. The van der Waals surface area contributed by atoms with E-state index >= 15 is 0 Å². The van der Waals surface area contributed by atoms with E-state index in [-0.39, 0.29) is 0 Å². The zero-order valence-electron chi connectivity index (χ0n) is 32.1. The predicted molar refractivity (Wildman–Crippen MR) is 234 cm³/mol. The highest BCUT2D eigenvalue weighted by Gasteiger charge is 2.12. The van der Waals surface area contributed by atoms with Crippen molar-refractivity contribution in [2.45, 2.75) is 33.8 Å². The minimum atomic E-state index is 0.546. The number of rotatable bonds is 12. The number of pyridine rings is 1. The second kappa shape index (κ2) is 17.0. The number of aromatic nitrogens is 1. The second-order valence-corrected chi connectivity index (χ2v) is 13.8. The summed E-state index contributed by atoms with van der Waals surface area (Å²) in [6.07, 6.45) is 10.4. The lowest BCUT2D eigenvalue weighted by atomic mass is 9.90. The molecular weight excluding hydrogens is 669 g/mol. The van der Waals surface area contributed by atoms with Crippen LogP contribution in [0.3, 0.4) is 0 Å². The first-order chi connectivity index (χ1) is 26.9. The van der Waals surface area contributed by atoms with E-state index in [9.17, 15) is 0 Å². The van der Waals surface area contributed by atoms with Crippen LogP contribution in [0.5, 0.6) is 5.75 Å². The van der Waals surface area contributed by atoms with Gasteiger partial charge in [-0.25, -0.2) is 0 Å². The molecule has 0 fully saturated rings. The van der Waals surface area contributed by atoms with Crippen LogP contribution >= 0.6 is 0 Å². The molecule has 0 N–H and O–H groups in total. The summed E-state index contributed by atoms with van der Waals surface area (Å²) >= 11 is 0. The van der Waals surface area contributed by atoms with Crippen LogP contribution < -0.4 is 4.74 Å². The largest absolute Gasteiger partial charge is 0.489 e. The topological polar surface area (TPSA) is 34.5 Å². The molecule has 3 nitrogen and oxygen atoms in total. The van der Waals surface area contributed by atoms with Crippen molar-refractivity contribution in [3.8, 4) is 61.4 Å². The first kappa shape index (κ1) is 36.8. The van der Waals surface area contributed by atoms with E-state index in [0.717, 1.165) is 78.9 Å². The number of nitrogens with zero attached hydrogens (tertiary/aromatic N) is 2. The summed E-state index contributed by atoms with van der Waals surface area (Å²) in [7, 11) is 1.79. The van der Waals surface area contributed by atoms with Crippen molar-refractivity contribution in [1.29, 1.82) is 0 Å². The summed E-state index contributed by atoms with van der Waals surface area (Å²) in [5.41, 5.74) is 18.6. The smallest absolute Gasteiger partial charge is 0.120 e. The third-order valence-electron chi connectivity index (χ3n) is 10.3. The van der Waals surface area contributed by atoms with Gasteiger partial charge in [0.15, 0.2) is 0 Å². The molecule has 0 saturated heterocycles. The molecule has 0 atom stereocenters. The highest BCUT2D eigenvalue weighted by Crippen LogP contribution is 2.37. The monoisotopic (exact) mass is 714 g/mol. The Labute approximate surface area is 326 Å². The first-order valence-corrected chi connectivity index (χ1v) is 18.9. The van der Waals surface area contributed by atoms with Gasteiger partial charge in [-0.15, -0.1) is 0 Å². The fraction of sp³-hybridized carbons (Fsp3) is 0.115. The number of ether oxygens (including phenoxy) is 1. The number of hydrogen-bond acceptors (Lipinski definition) is 3. The zero-order valence-corrected chi connectivity index (χ0v) is 32.1. The van der Waals surface area contributed by atoms with Gasteiger partial charge in [-0.3, -0.25) is 9.98 Å². The van der Waals surface area contributed by atoms with Crippen molar-refractivity contribution < 1.29 is 4.74 Å². The molecule has 1 aromatic heterocycles. The lowest BCUT2D eigenvalue weighted by Gasteiger charge is -2.15. The zero-order chi connectivity index (χ0) is 38.1. The van der Waals surface area contributed by atoms with Gasteiger partial charge >= 0.3 is 0 Å². The maximum atomic E-state index is 6.44. The fourth-order valence-electron chi connectivity index (χ4n) is 7.24. The van der Waals surface area contributed by atoms with Gasteiger partial charge in [0.1, 0.15) is 12.4 Å². The second-order valence-electron chi connectivity index (χ2n) is 13.8. The Kier molecular flexibility index (Phi) is 11.4. The number of aliphatic imine (C=N–C) groups is 1. The van der Waals surface area contributed by atoms with E-state index in [0.29, 0.717) is 6.61 Å². The Morgan fingerprint density at radius 1 is 0.636 bits per heavy atom. The molecule has 0 aliphatic heterocycles. The highest BCUT2D eigenvalue weighted by atomic mass is 16.5. The maximum Gasteiger partial charge on any atom is 0.120 e. The molecule has 0 aliphatic carbocycles. The van der Waals surface area contributed by atoms with Crippen LogP contribution in [-0.4, -0.2) is 18.2 Å². The van der Waals surface area contributed by atoms with Crippen molar-refractivity contribution >= 4 is 11.8 Å². The lowest BCUT2D eigenvalue weighted by molar-refractivity contribution is 0.304. The third-order valence-corrected chi connectivity index (χ3v) is 10.3. The van der Waals surface area contributed by atoms with Crippen LogP contribution in [0.25, 0.3) is 61.2 Å². The van der Waals surface area contributed by atoms with Gasteiger partial charge in [0.25, 0.3) is 0 Å². The molecule has 270 valence electrons. The molecule has 0 bridgehead atoms. The minimum Gasteiger partial charge on any atom is -0.489 e.